The molecule has 0 radical (unpaired) electrons. The second kappa shape index (κ2) is 7.97. The molecule has 3 rings (SSSR count). The number of thiocarbonyl (C=S) groups is 1. The third-order valence-electron chi connectivity index (χ3n) is 4.25. The molecule has 1 aliphatic carbocycles. The molecule has 0 amide bonds. The summed E-state index contributed by atoms with van der Waals surface area (Å²) in [5.41, 5.74) is 2.70. The van der Waals surface area contributed by atoms with Crippen LogP contribution in [0, 0.1) is 5.92 Å². The molecule has 0 saturated heterocycles. The number of ether oxygens (including phenoxy) is 1. The predicted molar refractivity (Wildman–Crippen MR) is 108 cm³/mol. The Morgan fingerprint density at radius 3 is 2.80 bits per heavy atom. The number of hydrogen-bond acceptors (Lipinski definition) is 4. The van der Waals surface area contributed by atoms with E-state index in [9.17, 15) is 4.79 Å². The summed E-state index contributed by atoms with van der Waals surface area (Å²) < 4.78 is 5.29. The molecule has 4 nitrogen and oxygen atoms in total. The lowest BCUT2D eigenvalue weighted by Gasteiger charge is -2.18. The lowest BCUT2D eigenvalue weighted by molar-refractivity contribution is 0.0526. The van der Waals surface area contributed by atoms with Gasteiger partial charge in [0.15, 0.2) is 5.11 Å². The number of rotatable bonds is 4. The van der Waals surface area contributed by atoms with Gasteiger partial charge in [0.25, 0.3) is 0 Å². The number of hydrogen-bond donors (Lipinski definition) is 2. The topological polar surface area (TPSA) is 50.4 Å². The number of carbonyl (C=O) groups is 1. The Labute approximate surface area is 157 Å². The van der Waals surface area contributed by atoms with Crippen LogP contribution in [-0.4, -0.2) is 17.7 Å². The molecule has 1 aromatic carbocycles. The summed E-state index contributed by atoms with van der Waals surface area (Å²) in [6.45, 7) is 4.42. The van der Waals surface area contributed by atoms with Crippen molar-refractivity contribution in [3.8, 4) is 0 Å². The van der Waals surface area contributed by atoms with Gasteiger partial charge in [-0.3, -0.25) is 0 Å². The van der Waals surface area contributed by atoms with Gasteiger partial charge in [0.05, 0.1) is 12.2 Å². The Bertz CT molecular complexity index is 771. The van der Waals surface area contributed by atoms with Crippen molar-refractivity contribution in [2.75, 3.05) is 17.2 Å². The summed E-state index contributed by atoms with van der Waals surface area (Å²) in [6, 6.07) is 9.73. The lowest BCUT2D eigenvalue weighted by atomic mass is 9.88. The van der Waals surface area contributed by atoms with Crippen molar-refractivity contribution in [1.82, 2.24) is 0 Å². The van der Waals surface area contributed by atoms with Crippen molar-refractivity contribution in [1.29, 1.82) is 0 Å². The molecule has 0 aliphatic heterocycles. The molecule has 0 bridgehead atoms. The highest BCUT2D eigenvalue weighted by atomic mass is 32.1. The molecular weight excluding hydrogens is 352 g/mol. The Balaban J connectivity index is 1.85. The monoisotopic (exact) mass is 374 g/mol. The second-order valence-electron chi connectivity index (χ2n) is 6.22. The summed E-state index contributed by atoms with van der Waals surface area (Å²) in [5, 5.41) is 7.62. The fourth-order valence-corrected chi connectivity index (χ4v) is 4.57. The van der Waals surface area contributed by atoms with E-state index in [1.807, 2.05) is 37.3 Å². The van der Waals surface area contributed by atoms with Crippen LogP contribution >= 0.6 is 23.6 Å². The van der Waals surface area contributed by atoms with Gasteiger partial charge in [-0.1, -0.05) is 25.1 Å². The van der Waals surface area contributed by atoms with Gasteiger partial charge in [0.1, 0.15) is 5.00 Å². The lowest BCUT2D eigenvalue weighted by Crippen LogP contribution is -2.20. The molecule has 25 heavy (non-hydrogen) atoms. The maximum absolute atomic E-state index is 12.5. The first-order valence-electron chi connectivity index (χ1n) is 8.53. The quantitative estimate of drug-likeness (QED) is 0.591. The van der Waals surface area contributed by atoms with Crippen LogP contribution in [0.2, 0.25) is 0 Å². The standard InChI is InChI=1S/C19H22N2O2S2/c1-3-23-18(22)16-14-11-12(2)9-10-15(14)25-17(16)21-19(24)20-13-7-5-4-6-8-13/h4-8,12H,3,9-11H2,1-2H3,(H2,20,21,24)/t12-/m1/s1. The van der Waals surface area contributed by atoms with Crippen molar-refractivity contribution in [3.05, 3.63) is 46.3 Å². The zero-order valence-corrected chi connectivity index (χ0v) is 16.1. The molecule has 0 spiro atoms. The molecule has 2 aromatic rings. The smallest absolute Gasteiger partial charge is 0.341 e. The number of esters is 1. The Morgan fingerprint density at radius 2 is 2.08 bits per heavy atom. The summed E-state index contributed by atoms with van der Waals surface area (Å²) >= 11 is 7.04. The first-order valence-corrected chi connectivity index (χ1v) is 9.75. The molecule has 0 unspecified atom stereocenters. The van der Waals surface area contributed by atoms with E-state index in [2.05, 4.69) is 17.6 Å². The number of thiophene rings is 1. The van der Waals surface area contributed by atoms with Gasteiger partial charge in [-0.2, -0.15) is 0 Å². The number of fused-ring (bicyclic) bond motifs is 1. The number of benzene rings is 1. The van der Waals surface area contributed by atoms with Gasteiger partial charge in [-0.25, -0.2) is 4.79 Å². The third-order valence-corrected chi connectivity index (χ3v) is 5.66. The van der Waals surface area contributed by atoms with Crippen LogP contribution in [0.5, 0.6) is 0 Å². The Morgan fingerprint density at radius 1 is 1.32 bits per heavy atom. The molecule has 1 heterocycles. The SMILES string of the molecule is CCOC(=O)c1c(NC(=S)Nc2ccccc2)sc2c1C[C@H](C)CC2. The summed E-state index contributed by atoms with van der Waals surface area (Å²) in [7, 11) is 0. The van der Waals surface area contributed by atoms with Crippen molar-refractivity contribution in [3.63, 3.8) is 0 Å². The molecule has 1 atom stereocenters. The van der Waals surface area contributed by atoms with E-state index in [-0.39, 0.29) is 5.97 Å². The minimum Gasteiger partial charge on any atom is -0.462 e. The number of carbonyl (C=O) groups excluding carboxylic acids is 1. The van der Waals surface area contributed by atoms with Gasteiger partial charge >= 0.3 is 5.97 Å². The molecule has 0 fully saturated rings. The third kappa shape index (κ3) is 4.19. The molecule has 0 saturated carbocycles. The van der Waals surface area contributed by atoms with E-state index >= 15 is 0 Å². The molecule has 1 aromatic heterocycles. The first kappa shape index (κ1) is 17.9. The van der Waals surface area contributed by atoms with Gasteiger partial charge in [-0.15, -0.1) is 11.3 Å². The van der Waals surface area contributed by atoms with E-state index in [0.717, 1.165) is 35.5 Å². The fraction of sp³-hybridized carbons (Fsp3) is 0.368. The van der Waals surface area contributed by atoms with Gasteiger partial charge in [-0.05, 0) is 62.0 Å². The van der Waals surface area contributed by atoms with E-state index in [4.69, 9.17) is 17.0 Å². The van der Waals surface area contributed by atoms with Crippen molar-refractivity contribution in [2.24, 2.45) is 5.92 Å². The van der Waals surface area contributed by atoms with Crippen molar-refractivity contribution in [2.45, 2.75) is 33.1 Å². The van der Waals surface area contributed by atoms with Crippen LogP contribution < -0.4 is 10.6 Å². The fourth-order valence-electron chi connectivity index (χ4n) is 3.05. The van der Waals surface area contributed by atoms with Crippen LogP contribution in [0.3, 0.4) is 0 Å². The van der Waals surface area contributed by atoms with Crippen LogP contribution in [0.15, 0.2) is 30.3 Å². The van der Waals surface area contributed by atoms with Crippen molar-refractivity contribution < 1.29 is 9.53 Å². The zero-order valence-electron chi connectivity index (χ0n) is 14.4. The molecular formula is C19H22N2O2S2. The molecule has 132 valence electrons. The first-order chi connectivity index (χ1) is 12.1. The van der Waals surface area contributed by atoms with E-state index in [1.165, 1.54) is 4.88 Å². The second-order valence-corrected chi connectivity index (χ2v) is 7.73. The van der Waals surface area contributed by atoms with Gasteiger partial charge in [0, 0.05) is 10.6 Å². The Kier molecular flexibility index (Phi) is 5.71. The van der Waals surface area contributed by atoms with E-state index in [0.29, 0.717) is 23.2 Å². The highest BCUT2D eigenvalue weighted by Crippen LogP contribution is 2.40. The minimum absolute atomic E-state index is 0.265. The van der Waals surface area contributed by atoms with Crippen LogP contribution in [0.4, 0.5) is 10.7 Å². The van der Waals surface area contributed by atoms with Crippen molar-refractivity contribution >= 4 is 45.3 Å². The predicted octanol–water partition coefficient (Wildman–Crippen LogP) is 4.86. The van der Waals surface area contributed by atoms with Gasteiger partial charge < -0.3 is 15.4 Å². The number of aryl methyl sites for hydroxylation is 1. The zero-order chi connectivity index (χ0) is 17.8. The van der Waals surface area contributed by atoms with Crippen LogP contribution in [-0.2, 0) is 17.6 Å². The maximum Gasteiger partial charge on any atom is 0.341 e. The highest BCUT2D eigenvalue weighted by Gasteiger charge is 2.28. The summed E-state index contributed by atoms with van der Waals surface area (Å²) in [6.07, 6.45) is 3.08. The molecule has 1 aliphatic rings. The molecule has 6 heteroatoms. The highest BCUT2D eigenvalue weighted by molar-refractivity contribution is 7.80. The number of nitrogens with one attached hydrogen (secondary N) is 2. The average Bonchev–Trinajstić information content (AvgIpc) is 2.92. The normalized spacial score (nSPS) is 16.0. The van der Waals surface area contributed by atoms with E-state index in [1.54, 1.807) is 11.3 Å². The van der Waals surface area contributed by atoms with Crippen LogP contribution in [0.25, 0.3) is 0 Å². The maximum atomic E-state index is 12.5. The van der Waals surface area contributed by atoms with Gasteiger partial charge in [0.2, 0.25) is 0 Å². The van der Waals surface area contributed by atoms with E-state index < -0.39 is 0 Å². The summed E-state index contributed by atoms with van der Waals surface area (Å²) in [4.78, 5) is 13.8. The summed E-state index contributed by atoms with van der Waals surface area (Å²) in [5.74, 6) is 0.316. The van der Waals surface area contributed by atoms with Crippen LogP contribution in [0.1, 0.15) is 41.1 Å². The number of anilines is 2. The molecule has 2 N–H and O–H groups in total. The average molecular weight is 375 g/mol. The Hall–Kier alpha value is -1.92. The number of para-hydroxylation sites is 1. The minimum atomic E-state index is -0.265. The largest absolute Gasteiger partial charge is 0.462 e.